The molecule has 0 saturated carbocycles. The molecule has 6 nitrogen and oxygen atoms in total. The lowest BCUT2D eigenvalue weighted by Gasteiger charge is -2.03. The van der Waals surface area contributed by atoms with E-state index in [1.165, 1.54) is 10.4 Å². The topological polar surface area (TPSA) is 72.7 Å². The second-order valence-corrected chi connectivity index (χ2v) is 7.64. The summed E-state index contributed by atoms with van der Waals surface area (Å²) >= 11 is 1.63. The molecule has 3 heterocycles. The van der Waals surface area contributed by atoms with Crippen LogP contribution in [-0.2, 0) is 26.9 Å². The van der Waals surface area contributed by atoms with E-state index in [2.05, 4.69) is 4.98 Å². The van der Waals surface area contributed by atoms with E-state index >= 15 is 0 Å². The van der Waals surface area contributed by atoms with Gasteiger partial charge >= 0.3 is 5.69 Å². The molecule has 0 bridgehead atoms. The minimum absolute atomic E-state index is 0.0681. The summed E-state index contributed by atoms with van der Waals surface area (Å²) in [5, 5.41) is 0.759. The van der Waals surface area contributed by atoms with E-state index in [0.29, 0.717) is 5.82 Å². The van der Waals surface area contributed by atoms with Crippen LogP contribution in [0.3, 0.4) is 0 Å². The molecule has 0 unspecified atom stereocenters. The Labute approximate surface area is 146 Å². The summed E-state index contributed by atoms with van der Waals surface area (Å²) in [5.41, 5.74) is 3.53. The second kappa shape index (κ2) is 4.92. The van der Waals surface area contributed by atoms with Gasteiger partial charge in [-0.25, -0.2) is 9.78 Å². The van der Waals surface area contributed by atoms with Gasteiger partial charge in [0.05, 0.1) is 16.4 Å². The van der Waals surface area contributed by atoms with Crippen molar-refractivity contribution in [2.75, 3.05) is 0 Å². The van der Waals surface area contributed by atoms with Gasteiger partial charge in [-0.05, 0) is 43.0 Å². The number of nitrogens with zero attached hydrogens (tertiary/aromatic N) is 3. The second-order valence-electron chi connectivity index (χ2n) is 6.56. The first-order valence-corrected chi connectivity index (χ1v) is 9.06. The fourth-order valence-electron chi connectivity index (χ4n) is 3.79. The number of aromatic nitrogens is 4. The number of aryl methyl sites for hydroxylation is 4. The number of benzene rings is 1. The Bertz CT molecular complexity index is 1290. The van der Waals surface area contributed by atoms with E-state index < -0.39 is 0 Å². The third-order valence-corrected chi connectivity index (χ3v) is 6.31. The van der Waals surface area contributed by atoms with Gasteiger partial charge in [0, 0.05) is 24.5 Å². The molecule has 5 rings (SSSR count). The number of thiophene rings is 1. The Balaban J connectivity index is 1.76. The average Bonchev–Trinajstić information content (AvgIpc) is 3.24. The monoisotopic (exact) mass is 352 g/mol. The van der Waals surface area contributed by atoms with E-state index in [0.717, 1.165) is 46.1 Å². The number of aromatic amines is 1. The fourth-order valence-corrected chi connectivity index (χ4v) is 5.06. The first-order valence-electron chi connectivity index (χ1n) is 8.25. The van der Waals surface area contributed by atoms with Gasteiger partial charge in [0.1, 0.15) is 10.7 Å². The van der Waals surface area contributed by atoms with Crippen molar-refractivity contribution in [3.63, 3.8) is 0 Å². The molecule has 1 N–H and O–H groups in total. The summed E-state index contributed by atoms with van der Waals surface area (Å²) in [6, 6.07) is 5.69. The molecule has 4 aromatic rings. The summed E-state index contributed by atoms with van der Waals surface area (Å²) in [6.45, 7) is 0. The Hall–Kier alpha value is -2.67. The highest BCUT2D eigenvalue weighted by Gasteiger charge is 2.21. The third-order valence-electron chi connectivity index (χ3n) is 5.12. The molecule has 0 radical (unpaired) electrons. The van der Waals surface area contributed by atoms with E-state index in [-0.39, 0.29) is 11.2 Å². The zero-order valence-electron chi connectivity index (χ0n) is 13.9. The number of hydrogen-bond donors (Lipinski definition) is 1. The smallest absolute Gasteiger partial charge is 0.306 e. The lowest BCUT2D eigenvalue weighted by Crippen LogP contribution is -2.19. The van der Waals surface area contributed by atoms with Crippen molar-refractivity contribution in [3.05, 3.63) is 49.5 Å². The van der Waals surface area contributed by atoms with E-state index in [4.69, 9.17) is 4.98 Å². The zero-order valence-corrected chi connectivity index (χ0v) is 14.7. The van der Waals surface area contributed by atoms with Crippen LogP contribution in [-0.4, -0.2) is 19.1 Å². The van der Waals surface area contributed by atoms with Crippen LogP contribution in [0.15, 0.2) is 27.8 Å². The van der Waals surface area contributed by atoms with Gasteiger partial charge in [-0.2, -0.15) is 0 Å². The molecule has 3 aromatic heterocycles. The predicted octanol–water partition coefficient (Wildman–Crippen LogP) is 2.33. The third kappa shape index (κ3) is 1.93. The van der Waals surface area contributed by atoms with Crippen molar-refractivity contribution in [2.24, 2.45) is 14.1 Å². The average molecular weight is 352 g/mol. The van der Waals surface area contributed by atoms with Crippen LogP contribution in [0.2, 0.25) is 0 Å². The molecule has 1 aliphatic rings. The maximum atomic E-state index is 12.6. The lowest BCUT2D eigenvalue weighted by atomic mass is 10.1. The van der Waals surface area contributed by atoms with Crippen molar-refractivity contribution in [3.8, 4) is 11.4 Å². The SMILES string of the molecule is Cn1c(=O)n(C)c2cc(-c3nc4sc5c(c4c(=O)[nH]3)CCC5)ccc21. The van der Waals surface area contributed by atoms with E-state index in [9.17, 15) is 9.59 Å². The predicted molar refractivity (Wildman–Crippen MR) is 99.4 cm³/mol. The van der Waals surface area contributed by atoms with Crippen LogP contribution in [0.1, 0.15) is 16.9 Å². The van der Waals surface area contributed by atoms with Crippen molar-refractivity contribution in [2.45, 2.75) is 19.3 Å². The van der Waals surface area contributed by atoms with Crippen LogP contribution in [0.25, 0.3) is 32.6 Å². The number of imidazole rings is 1. The molecule has 0 saturated heterocycles. The summed E-state index contributed by atoms with van der Waals surface area (Å²) in [5.74, 6) is 0.552. The summed E-state index contributed by atoms with van der Waals surface area (Å²) in [7, 11) is 3.50. The number of fused-ring (bicyclic) bond motifs is 4. The van der Waals surface area contributed by atoms with Crippen LogP contribution in [0.5, 0.6) is 0 Å². The number of rotatable bonds is 1. The molecular formula is C18H16N4O2S. The van der Waals surface area contributed by atoms with Gasteiger partial charge in [-0.3, -0.25) is 13.9 Å². The zero-order chi connectivity index (χ0) is 17.3. The summed E-state index contributed by atoms with van der Waals surface area (Å²) in [6.07, 6.45) is 3.14. The Kier molecular flexibility index (Phi) is 2.88. The van der Waals surface area contributed by atoms with Gasteiger partial charge in [0.2, 0.25) is 0 Å². The molecule has 1 aliphatic carbocycles. The maximum absolute atomic E-state index is 12.6. The molecule has 126 valence electrons. The Morgan fingerprint density at radius 1 is 1.12 bits per heavy atom. The largest absolute Gasteiger partial charge is 0.328 e. The van der Waals surface area contributed by atoms with Crippen molar-refractivity contribution < 1.29 is 0 Å². The number of hydrogen-bond acceptors (Lipinski definition) is 4. The van der Waals surface area contributed by atoms with Gasteiger partial charge < -0.3 is 4.98 Å². The molecule has 0 atom stereocenters. The first kappa shape index (κ1) is 14.7. The molecule has 7 heteroatoms. The number of nitrogens with one attached hydrogen (secondary N) is 1. The highest BCUT2D eigenvalue weighted by Crippen LogP contribution is 2.35. The molecule has 1 aromatic carbocycles. The standard InChI is InChI=1S/C18H16N4O2S/c1-21-11-7-6-9(8-12(11)22(2)18(21)24)15-19-16(23)14-10-4-3-5-13(10)25-17(14)20-15/h6-8H,3-5H2,1-2H3,(H,19,20,23). The lowest BCUT2D eigenvalue weighted by molar-refractivity contribution is 0.795. The van der Waals surface area contributed by atoms with Gasteiger partial charge in [-0.15, -0.1) is 11.3 Å². The van der Waals surface area contributed by atoms with Crippen LogP contribution >= 0.6 is 11.3 Å². The fraction of sp³-hybridized carbons (Fsp3) is 0.278. The van der Waals surface area contributed by atoms with Crippen molar-refractivity contribution in [1.29, 1.82) is 0 Å². The minimum Gasteiger partial charge on any atom is -0.306 e. The molecule has 0 spiro atoms. The van der Waals surface area contributed by atoms with E-state index in [1.54, 1.807) is 34.6 Å². The normalized spacial score (nSPS) is 13.8. The maximum Gasteiger partial charge on any atom is 0.328 e. The van der Waals surface area contributed by atoms with Crippen LogP contribution < -0.4 is 11.2 Å². The highest BCUT2D eigenvalue weighted by molar-refractivity contribution is 7.18. The molecule has 25 heavy (non-hydrogen) atoms. The molecular weight excluding hydrogens is 336 g/mol. The Morgan fingerprint density at radius 3 is 2.76 bits per heavy atom. The van der Waals surface area contributed by atoms with Crippen LogP contribution in [0.4, 0.5) is 0 Å². The minimum atomic E-state index is -0.0706. The molecule has 0 amide bonds. The van der Waals surface area contributed by atoms with Gasteiger partial charge in [0.15, 0.2) is 0 Å². The highest BCUT2D eigenvalue weighted by atomic mass is 32.1. The summed E-state index contributed by atoms with van der Waals surface area (Å²) < 4.78 is 3.22. The quantitative estimate of drug-likeness (QED) is 0.571. The Morgan fingerprint density at radius 2 is 1.92 bits per heavy atom. The van der Waals surface area contributed by atoms with Crippen LogP contribution in [0, 0.1) is 0 Å². The first-order chi connectivity index (χ1) is 12.0. The van der Waals surface area contributed by atoms with Crippen molar-refractivity contribution >= 4 is 32.6 Å². The van der Waals surface area contributed by atoms with Gasteiger partial charge in [-0.1, -0.05) is 0 Å². The van der Waals surface area contributed by atoms with E-state index in [1.807, 2.05) is 18.2 Å². The molecule has 0 aliphatic heterocycles. The van der Waals surface area contributed by atoms with Crippen molar-refractivity contribution in [1.82, 2.24) is 19.1 Å². The number of H-pyrrole nitrogens is 1. The summed E-state index contributed by atoms with van der Waals surface area (Å²) in [4.78, 5) is 34.5. The molecule has 0 fully saturated rings. The van der Waals surface area contributed by atoms with Gasteiger partial charge in [0.25, 0.3) is 5.56 Å².